The zero-order valence-electron chi connectivity index (χ0n) is 6.98. The molecule has 0 bridgehead atoms. The van der Waals surface area contributed by atoms with E-state index in [1.807, 2.05) is 0 Å². The number of unbranched alkanes of at least 4 members (excludes halogenated alkanes) is 1. The Balaban J connectivity index is 3.49. The molecule has 0 aromatic rings. The Morgan fingerprint density at radius 1 is 1.64 bits per heavy atom. The van der Waals surface area contributed by atoms with Crippen LogP contribution in [0, 0.1) is 0 Å². The van der Waals surface area contributed by atoms with Crippen LogP contribution in [0.3, 0.4) is 0 Å². The van der Waals surface area contributed by atoms with Crippen molar-refractivity contribution in [1.82, 2.24) is 8.85 Å². The van der Waals surface area contributed by atoms with Crippen LogP contribution in [-0.4, -0.2) is 12.1 Å². The fourth-order valence-corrected chi connectivity index (χ4v) is 1.27. The number of carbonyl (C=O) groups is 1. The van der Waals surface area contributed by atoms with Crippen LogP contribution in [0.25, 0.3) is 0 Å². The number of carbonyl (C=O) groups excluding carboxylic acids is 1. The van der Waals surface area contributed by atoms with E-state index in [1.165, 1.54) is 6.92 Å². The van der Waals surface area contributed by atoms with E-state index in [1.54, 1.807) is 0 Å². The molecule has 0 aliphatic carbocycles. The molecule has 0 radical (unpaired) electrons. The third kappa shape index (κ3) is 6.55. The van der Waals surface area contributed by atoms with Crippen LogP contribution in [0.1, 0.15) is 33.1 Å². The Morgan fingerprint density at radius 3 is 2.64 bits per heavy atom. The van der Waals surface area contributed by atoms with Crippen molar-refractivity contribution >= 4 is 28.8 Å². The average molecular weight is 270 g/mol. The Hall–Kier alpha value is 0.160. The van der Waals surface area contributed by atoms with Gasteiger partial charge >= 0.3 is 0 Å². The first-order valence-electron chi connectivity index (χ1n) is 3.84. The summed E-state index contributed by atoms with van der Waals surface area (Å²) in [7, 11) is 0. The van der Waals surface area contributed by atoms with Crippen molar-refractivity contribution < 1.29 is 4.79 Å². The molecule has 1 unspecified atom stereocenters. The Labute approximate surface area is 81.8 Å². The highest BCUT2D eigenvalue weighted by molar-refractivity contribution is 14.1. The Bertz CT molecular complexity index is 119. The van der Waals surface area contributed by atoms with Gasteiger partial charge < -0.3 is 5.32 Å². The maximum atomic E-state index is 10.6. The van der Waals surface area contributed by atoms with Crippen LogP contribution < -0.4 is 8.85 Å². The summed E-state index contributed by atoms with van der Waals surface area (Å²) in [6.45, 7) is 3.67. The van der Waals surface area contributed by atoms with Crippen molar-refractivity contribution in [3.8, 4) is 0 Å². The minimum absolute atomic E-state index is 0.0234. The van der Waals surface area contributed by atoms with Gasteiger partial charge in [-0.3, -0.25) is 4.79 Å². The van der Waals surface area contributed by atoms with Crippen LogP contribution in [0.2, 0.25) is 0 Å². The van der Waals surface area contributed by atoms with Gasteiger partial charge in [0.15, 0.2) is 0 Å². The molecule has 0 aromatic carbocycles. The van der Waals surface area contributed by atoms with Crippen molar-refractivity contribution in [3.63, 3.8) is 0 Å². The minimum Gasteiger partial charge on any atom is -0.340 e. The van der Waals surface area contributed by atoms with E-state index in [4.69, 9.17) is 0 Å². The van der Waals surface area contributed by atoms with E-state index in [2.05, 4.69) is 38.6 Å². The number of nitrogens with one attached hydrogen (secondary N) is 2. The zero-order chi connectivity index (χ0) is 8.69. The van der Waals surface area contributed by atoms with Crippen molar-refractivity contribution in [2.45, 2.75) is 39.3 Å². The topological polar surface area (TPSA) is 41.1 Å². The van der Waals surface area contributed by atoms with Crippen LogP contribution in [-0.2, 0) is 4.79 Å². The van der Waals surface area contributed by atoms with Crippen molar-refractivity contribution in [1.29, 1.82) is 0 Å². The number of halogens is 1. The van der Waals surface area contributed by atoms with Crippen molar-refractivity contribution in [3.05, 3.63) is 0 Å². The predicted molar refractivity (Wildman–Crippen MR) is 54.3 cm³/mol. The standard InChI is InChI=1S/C7H15IN2O/c1-3-4-5-7(10-8)9-6(2)11/h7,10H,3-5H2,1-2H3,(H,9,11). The molecule has 0 aliphatic heterocycles. The van der Waals surface area contributed by atoms with Gasteiger partial charge in [0.05, 0.1) is 6.17 Å². The van der Waals surface area contributed by atoms with Gasteiger partial charge in [0.2, 0.25) is 5.91 Å². The van der Waals surface area contributed by atoms with Gasteiger partial charge in [-0.2, -0.15) is 0 Å². The quantitative estimate of drug-likeness (QED) is 0.452. The first-order valence-corrected chi connectivity index (χ1v) is 4.91. The summed E-state index contributed by atoms with van der Waals surface area (Å²) in [5, 5.41) is 2.81. The Morgan fingerprint density at radius 2 is 2.27 bits per heavy atom. The SMILES string of the molecule is CCCCC(NI)NC(C)=O. The van der Waals surface area contributed by atoms with Gasteiger partial charge in [0.1, 0.15) is 0 Å². The average Bonchev–Trinajstić information content (AvgIpc) is 1.97. The second-order valence-corrected chi connectivity index (χ2v) is 3.13. The molecule has 4 heteroatoms. The molecule has 0 spiro atoms. The third-order valence-electron chi connectivity index (χ3n) is 1.36. The minimum atomic E-state index is 0.0234. The summed E-state index contributed by atoms with van der Waals surface area (Å²) in [5.74, 6) is 0.0234. The molecule has 0 saturated carbocycles. The maximum Gasteiger partial charge on any atom is 0.218 e. The summed E-state index contributed by atoms with van der Waals surface area (Å²) >= 11 is 2.06. The maximum absolute atomic E-state index is 10.6. The molecule has 0 aromatic heterocycles. The van der Waals surface area contributed by atoms with Crippen LogP contribution in [0.5, 0.6) is 0 Å². The highest BCUT2D eigenvalue weighted by Gasteiger charge is 2.05. The lowest BCUT2D eigenvalue weighted by molar-refractivity contribution is -0.119. The largest absolute Gasteiger partial charge is 0.340 e. The van der Waals surface area contributed by atoms with Crippen molar-refractivity contribution in [2.24, 2.45) is 0 Å². The van der Waals surface area contributed by atoms with E-state index in [9.17, 15) is 4.79 Å². The molecule has 1 atom stereocenters. The number of rotatable bonds is 5. The van der Waals surface area contributed by atoms with E-state index in [0.29, 0.717) is 0 Å². The summed E-state index contributed by atoms with van der Waals surface area (Å²) in [6.07, 6.45) is 3.43. The monoisotopic (exact) mass is 270 g/mol. The molecule has 1 amide bonds. The molecule has 66 valence electrons. The number of amides is 1. The zero-order valence-corrected chi connectivity index (χ0v) is 9.14. The smallest absolute Gasteiger partial charge is 0.218 e. The van der Waals surface area contributed by atoms with Gasteiger partial charge in [0, 0.05) is 29.8 Å². The summed E-state index contributed by atoms with van der Waals surface area (Å²) < 4.78 is 3.01. The lowest BCUT2D eigenvalue weighted by atomic mass is 10.2. The fraction of sp³-hybridized carbons (Fsp3) is 0.857. The molecule has 0 aliphatic rings. The fourth-order valence-electron chi connectivity index (χ4n) is 0.808. The number of hydrogen-bond acceptors (Lipinski definition) is 2. The van der Waals surface area contributed by atoms with Crippen LogP contribution in [0.15, 0.2) is 0 Å². The Kier molecular flexibility index (Phi) is 6.94. The van der Waals surface area contributed by atoms with Crippen LogP contribution in [0.4, 0.5) is 0 Å². The van der Waals surface area contributed by atoms with E-state index >= 15 is 0 Å². The van der Waals surface area contributed by atoms with Crippen LogP contribution >= 0.6 is 22.9 Å². The molecule has 3 nitrogen and oxygen atoms in total. The lowest BCUT2D eigenvalue weighted by Gasteiger charge is -2.14. The van der Waals surface area contributed by atoms with E-state index in [-0.39, 0.29) is 12.1 Å². The molecular formula is C7H15IN2O. The molecular weight excluding hydrogens is 255 g/mol. The molecule has 0 heterocycles. The first kappa shape index (κ1) is 11.2. The number of hydrogen-bond donors (Lipinski definition) is 2. The van der Waals surface area contributed by atoms with Gasteiger partial charge in [-0.1, -0.05) is 19.8 Å². The molecule has 2 N–H and O–H groups in total. The highest BCUT2D eigenvalue weighted by Crippen LogP contribution is 1.98. The van der Waals surface area contributed by atoms with Crippen molar-refractivity contribution in [2.75, 3.05) is 0 Å². The summed E-state index contributed by atoms with van der Waals surface area (Å²) in [6, 6.07) is 0. The van der Waals surface area contributed by atoms with E-state index < -0.39 is 0 Å². The molecule has 11 heavy (non-hydrogen) atoms. The predicted octanol–water partition coefficient (Wildman–Crippen LogP) is 1.58. The summed E-state index contributed by atoms with van der Waals surface area (Å²) in [5.41, 5.74) is 0. The van der Waals surface area contributed by atoms with Gasteiger partial charge in [0.25, 0.3) is 0 Å². The highest BCUT2D eigenvalue weighted by atomic mass is 127. The second kappa shape index (κ2) is 6.84. The van der Waals surface area contributed by atoms with Gasteiger partial charge in [-0.15, -0.1) is 0 Å². The van der Waals surface area contributed by atoms with Gasteiger partial charge in [-0.05, 0) is 6.42 Å². The molecule has 0 saturated heterocycles. The van der Waals surface area contributed by atoms with Gasteiger partial charge in [-0.25, -0.2) is 3.53 Å². The molecule has 0 rings (SSSR count). The lowest BCUT2D eigenvalue weighted by Crippen LogP contribution is -2.39. The first-order chi connectivity index (χ1) is 5.20. The third-order valence-corrected chi connectivity index (χ3v) is 2.11. The summed E-state index contributed by atoms with van der Waals surface area (Å²) in [4.78, 5) is 10.6. The van der Waals surface area contributed by atoms with E-state index in [0.717, 1.165) is 19.3 Å². The molecule has 0 fully saturated rings. The second-order valence-electron chi connectivity index (χ2n) is 2.50. The normalized spacial score (nSPS) is 12.6.